The number of hydrogen-bond acceptors (Lipinski definition) is 6. The monoisotopic (exact) mass is 545 g/mol. The van der Waals surface area contributed by atoms with Crippen LogP contribution in [0.1, 0.15) is 12.2 Å². The van der Waals surface area contributed by atoms with E-state index in [2.05, 4.69) is 19.9 Å². The Hall–Kier alpha value is -1.61. The molecule has 8 nitrogen and oxygen atoms in total. The zero-order chi connectivity index (χ0) is 20.4. The number of alkyl halides is 3. The SMILES string of the molecule is Cn1ccnc1C(O)(CCN=C(N)N1CCN(c2nccs2)CC1)C(F)(F)F.I. The number of aryl methyl sites for hydroxylation is 1. The summed E-state index contributed by atoms with van der Waals surface area (Å²) in [6.45, 7) is 2.31. The van der Waals surface area contributed by atoms with Crippen molar-refractivity contribution in [3.63, 3.8) is 0 Å². The highest BCUT2D eigenvalue weighted by Crippen LogP contribution is 2.40. The molecular formula is C16H23F3IN7OS. The van der Waals surface area contributed by atoms with Crippen LogP contribution in [0.15, 0.2) is 29.0 Å². The van der Waals surface area contributed by atoms with E-state index in [0.717, 1.165) is 9.70 Å². The summed E-state index contributed by atoms with van der Waals surface area (Å²) in [6, 6.07) is 0. The fourth-order valence-corrected chi connectivity index (χ4v) is 3.77. The van der Waals surface area contributed by atoms with Gasteiger partial charge in [-0.3, -0.25) is 4.99 Å². The molecular weight excluding hydrogens is 522 g/mol. The Morgan fingerprint density at radius 1 is 1.24 bits per heavy atom. The van der Waals surface area contributed by atoms with E-state index in [1.165, 1.54) is 19.4 Å². The zero-order valence-corrected chi connectivity index (χ0v) is 18.9. The van der Waals surface area contributed by atoms with Crippen molar-refractivity contribution in [2.75, 3.05) is 37.6 Å². The minimum absolute atomic E-state index is 0. The van der Waals surface area contributed by atoms with E-state index in [1.807, 2.05) is 10.3 Å². The molecule has 3 heterocycles. The summed E-state index contributed by atoms with van der Waals surface area (Å²) in [5.74, 6) is -0.297. The van der Waals surface area contributed by atoms with Crippen molar-refractivity contribution in [3.05, 3.63) is 29.8 Å². The Bertz CT molecular complexity index is 806. The first-order valence-corrected chi connectivity index (χ1v) is 9.56. The van der Waals surface area contributed by atoms with Crippen molar-refractivity contribution in [1.82, 2.24) is 19.4 Å². The number of guanidine groups is 1. The maximum Gasteiger partial charge on any atom is 0.424 e. The number of anilines is 1. The van der Waals surface area contributed by atoms with Gasteiger partial charge in [0.05, 0.1) is 0 Å². The summed E-state index contributed by atoms with van der Waals surface area (Å²) in [4.78, 5) is 15.9. The minimum Gasteiger partial charge on any atom is -0.374 e. The zero-order valence-electron chi connectivity index (χ0n) is 15.7. The van der Waals surface area contributed by atoms with Crippen LogP contribution in [0.4, 0.5) is 18.3 Å². The fraction of sp³-hybridized carbons (Fsp3) is 0.562. The highest BCUT2D eigenvalue weighted by atomic mass is 127. The lowest BCUT2D eigenvalue weighted by Crippen LogP contribution is -2.51. The summed E-state index contributed by atoms with van der Waals surface area (Å²) < 4.78 is 41.7. The molecule has 0 radical (unpaired) electrons. The fourth-order valence-electron chi connectivity index (χ4n) is 3.08. The van der Waals surface area contributed by atoms with Crippen LogP contribution in [0.3, 0.4) is 0 Å². The first-order valence-electron chi connectivity index (χ1n) is 8.68. The molecule has 1 aliphatic heterocycles. The van der Waals surface area contributed by atoms with Gasteiger partial charge >= 0.3 is 6.18 Å². The van der Waals surface area contributed by atoms with Crippen LogP contribution in [-0.2, 0) is 12.6 Å². The predicted molar refractivity (Wildman–Crippen MR) is 116 cm³/mol. The van der Waals surface area contributed by atoms with Crippen LogP contribution in [0.5, 0.6) is 0 Å². The lowest BCUT2D eigenvalue weighted by molar-refractivity contribution is -0.272. The molecule has 2 aromatic rings. The first kappa shape index (κ1) is 23.7. The van der Waals surface area contributed by atoms with Crippen LogP contribution in [0.25, 0.3) is 0 Å². The molecule has 13 heteroatoms. The number of hydrogen-bond donors (Lipinski definition) is 2. The molecule has 1 unspecified atom stereocenters. The second-order valence-corrected chi connectivity index (χ2v) is 7.37. The van der Waals surface area contributed by atoms with Gasteiger partial charge in [0.2, 0.25) is 5.60 Å². The van der Waals surface area contributed by atoms with E-state index in [1.54, 1.807) is 17.5 Å². The van der Waals surface area contributed by atoms with Gasteiger partial charge in [0.15, 0.2) is 11.1 Å². The molecule has 1 aliphatic rings. The third kappa shape index (κ3) is 5.12. The maximum absolute atomic E-state index is 13.5. The molecule has 3 rings (SSSR count). The van der Waals surface area contributed by atoms with Crippen molar-refractivity contribution in [2.45, 2.75) is 18.2 Å². The summed E-state index contributed by atoms with van der Waals surface area (Å²) in [5.41, 5.74) is 2.88. The topological polar surface area (TPSA) is 95.8 Å². The van der Waals surface area contributed by atoms with E-state index in [4.69, 9.17) is 5.73 Å². The van der Waals surface area contributed by atoms with Gasteiger partial charge in [-0.25, -0.2) is 9.97 Å². The molecule has 0 amide bonds. The van der Waals surface area contributed by atoms with Crippen LogP contribution in [0, 0.1) is 0 Å². The number of aliphatic imine (C=N–C) groups is 1. The van der Waals surface area contributed by atoms with Gasteiger partial charge in [0.25, 0.3) is 0 Å². The Labute approximate surface area is 187 Å². The average molecular weight is 545 g/mol. The maximum atomic E-state index is 13.5. The van der Waals surface area contributed by atoms with E-state index in [0.29, 0.717) is 26.2 Å². The Balaban J connectivity index is 0.00000300. The first-order chi connectivity index (χ1) is 13.2. The molecule has 29 heavy (non-hydrogen) atoms. The van der Waals surface area contributed by atoms with Gasteiger partial charge < -0.3 is 25.2 Å². The lowest BCUT2D eigenvalue weighted by Gasteiger charge is -2.35. The molecule has 162 valence electrons. The van der Waals surface area contributed by atoms with E-state index < -0.39 is 24.0 Å². The third-order valence-corrected chi connectivity index (χ3v) is 5.53. The quantitative estimate of drug-likeness (QED) is 0.338. The van der Waals surface area contributed by atoms with Gasteiger partial charge in [-0.1, -0.05) is 0 Å². The summed E-state index contributed by atoms with van der Waals surface area (Å²) in [7, 11) is 1.40. The van der Waals surface area contributed by atoms with Crippen molar-refractivity contribution in [3.8, 4) is 0 Å². The van der Waals surface area contributed by atoms with Crippen LogP contribution >= 0.6 is 35.3 Å². The average Bonchev–Trinajstić information content (AvgIpc) is 3.32. The Kier molecular flexibility index (Phi) is 7.73. The van der Waals surface area contributed by atoms with Gasteiger partial charge in [0, 0.05) is 70.2 Å². The van der Waals surface area contributed by atoms with E-state index in [-0.39, 0.29) is 36.5 Å². The largest absolute Gasteiger partial charge is 0.424 e. The molecule has 0 aromatic carbocycles. The number of aromatic nitrogens is 3. The van der Waals surface area contributed by atoms with Crippen molar-refractivity contribution < 1.29 is 18.3 Å². The smallest absolute Gasteiger partial charge is 0.374 e. The second kappa shape index (κ2) is 9.47. The summed E-state index contributed by atoms with van der Waals surface area (Å²) in [6.07, 6.45) is -1.24. The predicted octanol–water partition coefficient (Wildman–Crippen LogP) is 1.77. The molecule has 3 N–H and O–H groups in total. The molecule has 0 saturated carbocycles. The van der Waals surface area contributed by atoms with Gasteiger partial charge in [0.1, 0.15) is 5.82 Å². The van der Waals surface area contributed by atoms with Gasteiger partial charge in [-0.05, 0) is 0 Å². The number of rotatable bonds is 5. The second-order valence-electron chi connectivity index (χ2n) is 6.50. The number of nitrogens with two attached hydrogens (primary N) is 1. The lowest BCUT2D eigenvalue weighted by atomic mass is 9.98. The third-order valence-electron chi connectivity index (χ3n) is 4.70. The van der Waals surface area contributed by atoms with Gasteiger partial charge in [-0.2, -0.15) is 13.2 Å². The summed E-state index contributed by atoms with van der Waals surface area (Å²) >= 11 is 1.55. The molecule has 1 fully saturated rings. The van der Waals surface area contributed by atoms with E-state index >= 15 is 0 Å². The Morgan fingerprint density at radius 2 is 1.93 bits per heavy atom. The molecule has 0 bridgehead atoms. The minimum atomic E-state index is -4.88. The van der Waals surface area contributed by atoms with Gasteiger partial charge in [-0.15, -0.1) is 35.3 Å². The number of nitrogens with zero attached hydrogens (tertiary/aromatic N) is 6. The normalized spacial score (nSPS) is 17.8. The van der Waals surface area contributed by atoms with Crippen LogP contribution in [0.2, 0.25) is 0 Å². The number of imidazole rings is 1. The number of halogens is 4. The van der Waals surface area contributed by atoms with Crippen molar-refractivity contribution >= 4 is 46.4 Å². The highest BCUT2D eigenvalue weighted by molar-refractivity contribution is 14.0. The number of piperazine rings is 1. The molecule has 1 atom stereocenters. The van der Waals surface area contributed by atoms with Crippen LogP contribution in [-0.4, -0.2) is 69.4 Å². The number of thiazole rings is 1. The van der Waals surface area contributed by atoms with E-state index in [9.17, 15) is 18.3 Å². The molecule has 0 spiro atoms. The number of aliphatic hydroxyl groups is 1. The molecule has 1 saturated heterocycles. The standard InChI is InChI=1S/C16H22F3N7OS.HI/c1-24-6-4-21-12(24)15(27,16(17,18)19)2-3-22-13(20)25-7-9-26(10-8-25)14-23-5-11-28-14;/h4-6,11,27H,2-3,7-10H2,1H3,(H2,20,22);1H. The highest BCUT2D eigenvalue weighted by Gasteiger charge is 2.57. The molecule has 0 aliphatic carbocycles. The van der Waals surface area contributed by atoms with Crippen molar-refractivity contribution in [1.29, 1.82) is 0 Å². The van der Waals surface area contributed by atoms with Crippen LogP contribution < -0.4 is 10.6 Å². The Morgan fingerprint density at radius 3 is 2.45 bits per heavy atom. The summed E-state index contributed by atoms with van der Waals surface area (Å²) in [5, 5.41) is 13.1. The molecule has 2 aromatic heterocycles. The van der Waals surface area contributed by atoms with Crippen molar-refractivity contribution in [2.24, 2.45) is 17.8 Å².